The molecule has 0 saturated heterocycles. The molecule has 0 radical (unpaired) electrons. The van der Waals surface area contributed by atoms with Gasteiger partial charge in [0.25, 0.3) is 8.53 Å². The predicted octanol–water partition coefficient (Wildman–Crippen LogP) is 7.02. The lowest BCUT2D eigenvalue weighted by molar-refractivity contribution is -0.125. The van der Waals surface area contributed by atoms with Crippen molar-refractivity contribution >= 4 is 14.3 Å². The molecule has 1 saturated carbocycles. The van der Waals surface area contributed by atoms with Crippen LogP contribution in [0, 0.1) is 18.4 Å². The molecular weight excluding hydrogens is 395 g/mol. The lowest BCUT2D eigenvalue weighted by Crippen LogP contribution is -2.38. The van der Waals surface area contributed by atoms with E-state index in [2.05, 4.69) is 51.1 Å². The number of Topliss-reactive ketones (excluding diaryl/α,β-unsaturated/α-hetero) is 1. The molecule has 1 aliphatic carbocycles. The van der Waals surface area contributed by atoms with Crippen LogP contribution >= 0.6 is 8.53 Å². The van der Waals surface area contributed by atoms with E-state index >= 15 is 0 Å². The highest BCUT2D eigenvalue weighted by Crippen LogP contribution is 2.50. The van der Waals surface area contributed by atoms with Crippen LogP contribution < -0.4 is 0 Å². The maximum atomic E-state index is 12.7. The van der Waals surface area contributed by atoms with Crippen molar-refractivity contribution in [1.82, 2.24) is 4.67 Å². The summed E-state index contributed by atoms with van der Waals surface area (Å²) in [4.78, 5) is 16.1. The molecule has 0 aromatic rings. The van der Waals surface area contributed by atoms with Crippen molar-refractivity contribution < 1.29 is 13.8 Å². The predicted molar refractivity (Wildman–Crippen MR) is 126 cm³/mol. The Bertz CT molecular complexity index is 513. The summed E-state index contributed by atoms with van der Waals surface area (Å²) in [6, 6.07) is 0.621. The molecule has 4 atom stereocenters. The standard InChI is InChI=1S/C24H45N2O3P/c1-8-10-11-12-13-23(27)22-14-15-24(21(9-2)18-22)29-30(28-17-16-25-7)26(19(3)4)20(5)6/h19-22,24H,8-18H2,1-6H3/t21-,22?,24-,30?/m1/s1. The molecule has 1 fully saturated rings. The molecule has 0 N–H and O–H groups in total. The number of unbranched alkanes of at least 4 members (excludes halogenated alkanes) is 3. The summed E-state index contributed by atoms with van der Waals surface area (Å²) in [5.74, 6) is 1.07. The molecule has 1 aliphatic rings. The molecule has 1 rings (SSSR count). The summed E-state index contributed by atoms with van der Waals surface area (Å²) in [5.41, 5.74) is 0. The van der Waals surface area contributed by atoms with Gasteiger partial charge < -0.3 is 13.9 Å². The van der Waals surface area contributed by atoms with Crippen LogP contribution in [0.25, 0.3) is 4.85 Å². The molecule has 0 aromatic carbocycles. The molecule has 30 heavy (non-hydrogen) atoms. The molecule has 6 heteroatoms. The molecule has 2 unspecified atom stereocenters. The van der Waals surface area contributed by atoms with E-state index in [1.54, 1.807) is 0 Å². The Labute approximate surface area is 187 Å². The molecule has 0 aliphatic heterocycles. The van der Waals surface area contributed by atoms with Gasteiger partial charge in [0.05, 0.1) is 6.10 Å². The average Bonchev–Trinajstić information content (AvgIpc) is 2.70. The van der Waals surface area contributed by atoms with Gasteiger partial charge >= 0.3 is 0 Å². The van der Waals surface area contributed by atoms with Crippen molar-refractivity contribution in [3.8, 4) is 0 Å². The molecule has 5 nitrogen and oxygen atoms in total. The van der Waals surface area contributed by atoms with Crippen LogP contribution in [0.4, 0.5) is 0 Å². The SMILES string of the molecule is [C-]#[N+]CCOP(O[C@@H]1CCC(C(=O)CCCCCC)C[C@H]1CC)N(C(C)C)C(C)C. The van der Waals surface area contributed by atoms with Gasteiger partial charge in [-0.3, -0.25) is 4.79 Å². The van der Waals surface area contributed by atoms with Crippen molar-refractivity contribution in [2.45, 2.75) is 118 Å². The number of carbonyl (C=O) groups is 1. The Morgan fingerprint density at radius 1 is 1.13 bits per heavy atom. The van der Waals surface area contributed by atoms with Crippen molar-refractivity contribution in [3.63, 3.8) is 0 Å². The lowest BCUT2D eigenvalue weighted by atomic mass is 9.76. The highest BCUT2D eigenvalue weighted by Gasteiger charge is 2.37. The van der Waals surface area contributed by atoms with Crippen LogP contribution in [0.15, 0.2) is 0 Å². The Morgan fingerprint density at radius 2 is 1.83 bits per heavy atom. The number of carbonyl (C=O) groups excluding carboxylic acids is 1. The van der Waals surface area contributed by atoms with Crippen LogP contribution in [0.3, 0.4) is 0 Å². The first kappa shape index (κ1) is 27.5. The monoisotopic (exact) mass is 440 g/mol. The van der Waals surface area contributed by atoms with Crippen molar-refractivity contribution in [2.24, 2.45) is 11.8 Å². The number of hydrogen-bond donors (Lipinski definition) is 0. The highest BCUT2D eigenvalue weighted by atomic mass is 31.2. The maximum absolute atomic E-state index is 12.7. The fourth-order valence-corrected chi connectivity index (χ4v) is 6.24. The zero-order chi connectivity index (χ0) is 22.5. The van der Waals surface area contributed by atoms with Gasteiger partial charge in [-0.05, 0) is 59.3 Å². The van der Waals surface area contributed by atoms with Gasteiger partial charge in [-0.25, -0.2) is 11.2 Å². The third-order valence-electron chi connectivity index (χ3n) is 6.05. The van der Waals surface area contributed by atoms with Gasteiger partial charge in [0.1, 0.15) is 12.4 Å². The van der Waals surface area contributed by atoms with Crippen LogP contribution in [0.5, 0.6) is 0 Å². The van der Waals surface area contributed by atoms with Crippen molar-refractivity contribution in [3.05, 3.63) is 11.4 Å². The number of rotatable bonds is 15. The molecule has 0 spiro atoms. The third kappa shape index (κ3) is 9.31. The van der Waals surface area contributed by atoms with Crippen molar-refractivity contribution in [1.29, 1.82) is 0 Å². The van der Waals surface area contributed by atoms with Crippen LogP contribution in [0.2, 0.25) is 0 Å². The first-order valence-corrected chi connectivity index (χ1v) is 13.2. The quantitative estimate of drug-likeness (QED) is 0.156. The van der Waals surface area contributed by atoms with Crippen LogP contribution in [-0.4, -0.2) is 41.8 Å². The highest BCUT2D eigenvalue weighted by molar-refractivity contribution is 7.44. The third-order valence-corrected chi connectivity index (χ3v) is 8.20. The number of ketones is 1. The first-order chi connectivity index (χ1) is 14.3. The van der Waals surface area contributed by atoms with Crippen LogP contribution in [-0.2, 0) is 13.8 Å². The second-order valence-corrected chi connectivity index (χ2v) is 10.5. The van der Waals surface area contributed by atoms with E-state index in [9.17, 15) is 4.79 Å². The van der Waals surface area contributed by atoms with E-state index in [1.165, 1.54) is 19.3 Å². The molecule has 174 valence electrons. The van der Waals surface area contributed by atoms with E-state index < -0.39 is 8.53 Å². The normalized spacial score (nSPS) is 23.1. The minimum atomic E-state index is -1.21. The number of hydrogen-bond acceptors (Lipinski definition) is 4. The van der Waals surface area contributed by atoms with Gasteiger partial charge in [0.2, 0.25) is 6.54 Å². The minimum Gasteiger partial charge on any atom is -0.318 e. The first-order valence-electron chi connectivity index (χ1n) is 12.1. The zero-order valence-corrected chi connectivity index (χ0v) is 21.1. The number of nitrogens with zero attached hydrogens (tertiary/aromatic N) is 2. The van der Waals surface area contributed by atoms with E-state index in [0.29, 0.717) is 36.9 Å². The molecule has 0 bridgehead atoms. The summed E-state index contributed by atoms with van der Waals surface area (Å²) in [5, 5.41) is 0. The maximum Gasteiger partial charge on any atom is 0.259 e. The average molecular weight is 441 g/mol. The lowest BCUT2D eigenvalue weighted by Gasteiger charge is -2.41. The molecular formula is C24H45N2O3P. The summed E-state index contributed by atoms with van der Waals surface area (Å²) >= 11 is 0. The Morgan fingerprint density at radius 3 is 2.40 bits per heavy atom. The minimum absolute atomic E-state index is 0.137. The Balaban J connectivity index is 2.73. The second-order valence-electron chi connectivity index (χ2n) is 9.12. The van der Waals surface area contributed by atoms with Gasteiger partial charge in [0.15, 0.2) is 0 Å². The van der Waals surface area contributed by atoms with Gasteiger partial charge in [-0.1, -0.05) is 39.5 Å². The fraction of sp³-hybridized carbons (Fsp3) is 0.917. The van der Waals surface area contributed by atoms with Crippen molar-refractivity contribution in [2.75, 3.05) is 13.2 Å². The largest absolute Gasteiger partial charge is 0.318 e. The van der Waals surface area contributed by atoms with Gasteiger partial charge in [-0.15, -0.1) is 0 Å². The van der Waals surface area contributed by atoms with E-state index in [1.807, 2.05) is 0 Å². The topological polar surface area (TPSA) is 43.1 Å². The summed E-state index contributed by atoms with van der Waals surface area (Å²) in [6.07, 6.45) is 9.36. The Kier molecular flexibility index (Phi) is 14.0. The molecule has 0 amide bonds. The van der Waals surface area contributed by atoms with Gasteiger partial charge in [-0.2, -0.15) is 0 Å². The fourth-order valence-electron chi connectivity index (χ4n) is 4.43. The van der Waals surface area contributed by atoms with E-state index in [0.717, 1.165) is 38.5 Å². The smallest absolute Gasteiger partial charge is 0.259 e. The second kappa shape index (κ2) is 15.3. The summed E-state index contributed by atoms with van der Waals surface area (Å²) in [7, 11) is -1.21. The molecule has 0 aromatic heterocycles. The summed E-state index contributed by atoms with van der Waals surface area (Å²) < 4.78 is 15.0. The summed E-state index contributed by atoms with van der Waals surface area (Å²) in [6.45, 7) is 20.9. The zero-order valence-electron chi connectivity index (χ0n) is 20.2. The Hall–Kier alpha value is -0.530. The van der Waals surface area contributed by atoms with Crippen LogP contribution in [0.1, 0.15) is 99.3 Å². The van der Waals surface area contributed by atoms with E-state index in [-0.39, 0.29) is 12.0 Å². The molecule has 0 heterocycles. The van der Waals surface area contributed by atoms with Gasteiger partial charge in [0, 0.05) is 24.4 Å². The van der Waals surface area contributed by atoms with E-state index in [4.69, 9.17) is 15.6 Å².